The van der Waals surface area contributed by atoms with E-state index in [9.17, 15) is 13.7 Å². The molecule has 7 nitrogen and oxygen atoms in total. The molecule has 2 heterocycles. The second kappa shape index (κ2) is 11.0. The number of aromatic nitrogens is 2. The molecule has 38 heavy (non-hydrogen) atoms. The van der Waals surface area contributed by atoms with Gasteiger partial charge in [0.2, 0.25) is 10.0 Å². The van der Waals surface area contributed by atoms with Crippen LogP contribution in [0.3, 0.4) is 0 Å². The number of hydrogen-bond acceptors (Lipinski definition) is 5. The van der Waals surface area contributed by atoms with Crippen molar-refractivity contribution in [1.29, 1.82) is 5.26 Å². The molecule has 1 N–H and O–H groups in total. The van der Waals surface area contributed by atoms with Crippen LogP contribution in [0, 0.1) is 17.2 Å². The molecule has 0 bridgehead atoms. The molecule has 1 fully saturated rings. The summed E-state index contributed by atoms with van der Waals surface area (Å²) in [5.41, 5.74) is 5.07. The molecule has 0 saturated carbocycles. The van der Waals surface area contributed by atoms with E-state index in [-0.39, 0.29) is 18.6 Å². The Morgan fingerprint density at radius 3 is 2.47 bits per heavy atom. The number of H-pyrrole nitrogens is 1. The van der Waals surface area contributed by atoms with Crippen molar-refractivity contribution < 1.29 is 13.2 Å². The number of benzene rings is 3. The molecule has 5 rings (SSSR count). The molecule has 1 unspecified atom stereocenters. The average molecular weight is 570 g/mol. The Kier molecular flexibility index (Phi) is 7.75. The maximum Gasteiger partial charge on any atom is 0.211 e. The van der Waals surface area contributed by atoms with E-state index in [0.717, 1.165) is 22.2 Å². The van der Waals surface area contributed by atoms with Crippen LogP contribution in [-0.4, -0.2) is 42.0 Å². The molecular weight excluding hydrogens is 543 g/mol. The zero-order chi connectivity index (χ0) is 26.9. The Balaban J connectivity index is 1.39. The van der Waals surface area contributed by atoms with Crippen LogP contribution in [0.25, 0.3) is 22.2 Å². The van der Waals surface area contributed by atoms with Gasteiger partial charge < -0.3 is 9.72 Å². The van der Waals surface area contributed by atoms with Gasteiger partial charge in [-0.15, -0.1) is 0 Å². The highest BCUT2D eigenvalue weighted by atomic mass is 35.5. The number of nitriles is 1. The molecule has 1 aliphatic rings. The van der Waals surface area contributed by atoms with Crippen LogP contribution >= 0.6 is 23.2 Å². The van der Waals surface area contributed by atoms with Gasteiger partial charge in [-0.1, -0.05) is 59.6 Å². The van der Waals surface area contributed by atoms with Gasteiger partial charge in [-0.3, -0.25) is 0 Å². The van der Waals surface area contributed by atoms with E-state index >= 15 is 0 Å². The van der Waals surface area contributed by atoms with Gasteiger partial charge in [0.25, 0.3) is 0 Å². The summed E-state index contributed by atoms with van der Waals surface area (Å²) in [7, 11) is -3.23. The number of aromatic amines is 1. The number of rotatable bonds is 7. The fourth-order valence-electron chi connectivity index (χ4n) is 4.94. The molecule has 0 spiro atoms. The van der Waals surface area contributed by atoms with Gasteiger partial charge in [0, 0.05) is 13.1 Å². The minimum Gasteiger partial charge on any atom is -0.365 e. The van der Waals surface area contributed by atoms with E-state index in [1.165, 1.54) is 10.6 Å². The zero-order valence-corrected chi connectivity index (χ0v) is 23.0. The Hall–Kier alpha value is -2.93. The van der Waals surface area contributed by atoms with Crippen molar-refractivity contribution in [3.05, 3.63) is 87.7 Å². The second-order valence-electron chi connectivity index (χ2n) is 9.51. The first-order chi connectivity index (χ1) is 18.2. The van der Waals surface area contributed by atoms with Crippen molar-refractivity contribution in [2.24, 2.45) is 5.92 Å². The maximum absolute atomic E-state index is 12.0. The number of halogens is 2. The lowest BCUT2D eigenvalue weighted by Crippen LogP contribution is -2.39. The molecule has 1 atom stereocenters. The summed E-state index contributed by atoms with van der Waals surface area (Å²) < 4.78 is 32.1. The van der Waals surface area contributed by atoms with Crippen molar-refractivity contribution in [3.63, 3.8) is 0 Å². The van der Waals surface area contributed by atoms with Gasteiger partial charge in [0.1, 0.15) is 12.4 Å². The van der Waals surface area contributed by atoms with E-state index in [0.29, 0.717) is 52.9 Å². The van der Waals surface area contributed by atoms with Gasteiger partial charge in [-0.2, -0.15) is 5.26 Å². The molecule has 3 aromatic carbocycles. The van der Waals surface area contributed by atoms with Crippen LogP contribution in [0.4, 0.5) is 0 Å². The molecule has 1 aliphatic heterocycles. The maximum atomic E-state index is 12.0. The largest absolute Gasteiger partial charge is 0.365 e. The topological polar surface area (TPSA) is 99.1 Å². The summed E-state index contributed by atoms with van der Waals surface area (Å²) >= 11 is 12.3. The monoisotopic (exact) mass is 568 g/mol. The highest BCUT2D eigenvalue weighted by Crippen LogP contribution is 2.36. The van der Waals surface area contributed by atoms with E-state index in [1.54, 1.807) is 18.2 Å². The van der Waals surface area contributed by atoms with Crippen LogP contribution in [0.5, 0.6) is 0 Å². The molecule has 196 valence electrons. The summed E-state index contributed by atoms with van der Waals surface area (Å²) in [5, 5.41) is 10.1. The number of nitrogens with one attached hydrogen (secondary N) is 1. The highest BCUT2D eigenvalue weighted by Gasteiger charge is 2.31. The Bertz CT molecular complexity index is 1570. The van der Waals surface area contributed by atoms with Crippen LogP contribution in [0.1, 0.15) is 35.9 Å². The molecule has 1 aromatic heterocycles. The predicted molar refractivity (Wildman–Crippen MR) is 149 cm³/mol. The highest BCUT2D eigenvalue weighted by molar-refractivity contribution is 7.88. The SMILES string of the molecule is CS(=O)(=O)N1CCC(C(OCc2nc3cc(Cl)c(Cl)cc3[nH]2)c2ccc(-c3cccc(C#N)c3)cc2)CC1. The summed E-state index contributed by atoms with van der Waals surface area (Å²) in [6.45, 7) is 1.17. The standard InChI is InChI=1S/C28H26Cl2N4O3S/c1-38(35,36)34-11-9-21(10-12-34)28(37-17-27-32-25-14-23(29)24(30)15-26(25)33-27)20-7-5-19(6-8-20)22-4-2-3-18(13-22)16-31/h2-8,13-15,21,28H,9-12,17H2,1H3,(H,32,33). The predicted octanol–water partition coefficient (Wildman–Crippen LogP) is 6.34. The minimum atomic E-state index is -3.23. The third-order valence-electron chi connectivity index (χ3n) is 6.93. The van der Waals surface area contributed by atoms with Crippen molar-refractivity contribution in [2.45, 2.75) is 25.6 Å². The van der Waals surface area contributed by atoms with Crippen molar-refractivity contribution in [2.75, 3.05) is 19.3 Å². The normalized spacial score (nSPS) is 15.9. The van der Waals surface area contributed by atoms with Gasteiger partial charge in [-0.25, -0.2) is 17.7 Å². The number of fused-ring (bicyclic) bond motifs is 1. The molecule has 0 amide bonds. The Morgan fingerprint density at radius 2 is 1.79 bits per heavy atom. The van der Waals surface area contributed by atoms with E-state index in [2.05, 4.69) is 16.0 Å². The van der Waals surface area contributed by atoms with Crippen LogP contribution in [0.2, 0.25) is 10.0 Å². The summed E-state index contributed by atoms with van der Waals surface area (Å²) in [6, 6.07) is 21.3. The molecular formula is C28H26Cl2N4O3S. The number of ether oxygens (including phenoxy) is 1. The third-order valence-corrected chi connectivity index (χ3v) is 8.96. The molecule has 4 aromatic rings. The van der Waals surface area contributed by atoms with Crippen LogP contribution in [-0.2, 0) is 21.4 Å². The lowest BCUT2D eigenvalue weighted by molar-refractivity contribution is -0.0177. The van der Waals surface area contributed by atoms with Gasteiger partial charge in [0.05, 0.1) is 45.1 Å². The zero-order valence-electron chi connectivity index (χ0n) is 20.7. The number of imidazole rings is 1. The minimum absolute atomic E-state index is 0.133. The number of hydrogen-bond donors (Lipinski definition) is 1. The Labute approximate surface area is 232 Å². The lowest BCUT2D eigenvalue weighted by Gasteiger charge is -2.35. The van der Waals surface area contributed by atoms with Crippen molar-refractivity contribution >= 4 is 44.3 Å². The smallest absolute Gasteiger partial charge is 0.211 e. The van der Waals surface area contributed by atoms with Crippen LogP contribution < -0.4 is 0 Å². The average Bonchev–Trinajstić information content (AvgIpc) is 3.30. The van der Waals surface area contributed by atoms with Gasteiger partial charge >= 0.3 is 0 Å². The number of sulfonamides is 1. The summed E-state index contributed by atoms with van der Waals surface area (Å²) in [5.74, 6) is 0.788. The van der Waals surface area contributed by atoms with Crippen LogP contribution in [0.15, 0.2) is 60.7 Å². The molecule has 10 heteroatoms. The summed E-state index contributed by atoms with van der Waals surface area (Å²) in [6.07, 6.45) is 2.38. The first-order valence-corrected chi connectivity index (χ1v) is 14.8. The lowest BCUT2D eigenvalue weighted by atomic mass is 9.87. The second-order valence-corrected chi connectivity index (χ2v) is 12.3. The molecule has 0 radical (unpaired) electrons. The van der Waals surface area contributed by atoms with Gasteiger partial charge in [0.15, 0.2) is 0 Å². The number of nitrogens with zero attached hydrogens (tertiary/aromatic N) is 3. The van der Waals surface area contributed by atoms with E-state index in [1.807, 2.05) is 42.5 Å². The fraction of sp³-hybridized carbons (Fsp3) is 0.286. The fourth-order valence-corrected chi connectivity index (χ4v) is 6.14. The molecule has 0 aliphatic carbocycles. The van der Waals surface area contributed by atoms with Crippen molar-refractivity contribution in [1.82, 2.24) is 14.3 Å². The Morgan fingerprint density at radius 1 is 1.08 bits per heavy atom. The third kappa shape index (κ3) is 5.88. The quantitative estimate of drug-likeness (QED) is 0.280. The first-order valence-electron chi connectivity index (χ1n) is 12.2. The summed E-state index contributed by atoms with van der Waals surface area (Å²) in [4.78, 5) is 7.85. The first kappa shape index (κ1) is 26.7. The number of piperidine rings is 1. The van der Waals surface area contributed by atoms with Gasteiger partial charge in [-0.05, 0) is 59.7 Å². The molecule has 1 saturated heterocycles. The van der Waals surface area contributed by atoms with E-state index < -0.39 is 10.0 Å². The van der Waals surface area contributed by atoms with E-state index in [4.69, 9.17) is 27.9 Å². The van der Waals surface area contributed by atoms with Crippen molar-refractivity contribution in [3.8, 4) is 17.2 Å².